The second-order valence-electron chi connectivity index (χ2n) is 4.76. The van der Waals surface area contributed by atoms with E-state index in [0.717, 1.165) is 5.69 Å². The molecule has 4 nitrogen and oxygen atoms in total. The summed E-state index contributed by atoms with van der Waals surface area (Å²) in [5.74, 6) is 0.664. The average Bonchev–Trinajstić information content (AvgIpc) is 2.56. The normalized spacial score (nSPS) is 10.1. The van der Waals surface area contributed by atoms with Gasteiger partial charge < -0.3 is 10.1 Å². The van der Waals surface area contributed by atoms with Crippen LogP contribution in [0.1, 0.15) is 6.42 Å². The summed E-state index contributed by atoms with van der Waals surface area (Å²) in [7, 11) is 1.74. The van der Waals surface area contributed by atoms with E-state index in [9.17, 15) is 4.79 Å². The van der Waals surface area contributed by atoms with Gasteiger partial charge in [-0.05, 0) is 30.7 Å². The van der Waals surface area contributed by atoms with E-state index in [4.69, 9.17) is 16.3 Å². The third-order valence-electron chi connectivity index (χ3n) is 3.14. The number of carbonyl (C=O) groups is 1. The molecule has 0 fully saturated rings. The Kier molecular flexibility index (Phi) is 6.10. The second kappa shape index (κ2) is 8.29. The van der Waals surface area contributed by atoms with Gasteiger partial charge in [0.25, 0.3) is 0 Å². The largest absolute Gasteiger partial charge is 0.492 e. The third kappa shape index (κ3) is 4.67. The van der Waals surface area contributed by atoms with Crippen molar-refractivity contribution in [2.45, 2.75) is 6.42 Å². The van der Waals surface area contributed by atoms with Crippen molar-refractivity contribution in [1.29, 1.82) is 0 Å². The molecule has 0 saturated carbocycles. The highest BCUT2D eigenvalue weighted by Gasteiger charge is 2.09. The lowest BCUT2D eigenvalue weighted by atomic mass is 10.3. The molecule has 0 spiro atoms. The van der Waals surface area contributed by atoms with Crippen molar-refractivity contribution in [1.82, 2.24) is 5.32 Å². The van der Waals surface area contributed by atoms with Crippen LogP contribution in [0.4, 0.5) is 10.5 Å². The number of hydrogen-bond acceptors (Lipinski definition) is 2. The fourth-order valence-corrected chi connectivity index (χ4v) is 2.09. The Bertz CT molecular complexity index is 605. The summed E-state index contributed by atoms with van der Waals surface area (Å²) in [4.78, 5) is 13.6. The Morgan fingerprint density at radius 3 is 2.55 bits per heavy atom. The van der Waals surface area contributed by atoms with Crippen molar-refractivity contribution >= 4 is 23.3 Å². The van der Waals surface area contributed by atoms with Crippen molar-refractivity contribution in [3.05, 3.63) is 59.6 Å². The lowest BCUT2D eigenvalue weighted by Crippen LogP contribution is -2.38. The lowest BCUT2D eigenvalue weighted by molar-refractivity contribution is 0.245. The lowest BCUT2D eigenvalue weighted by Gasteiger charge is -2.18. The number of carbonyl (C=O) groups excluding carboxylic acids is 1. The molecular formula is C17H19ClN2O2. The maximum Gasteiger partial charge on any atom is 0.321 e. The van der Waals surface area contributed by atoms with Crippen LogP contribution < -0.4 is 15.0 Å². The third-order valence-corrected chi connectivity index (χ3v) is 3.45. The van der Waals surface area contributed by atoms with Gasteiger partial charge in [0.05, 0.1) is 11.6 Å². The van der Waals surface area contributed by atoms with Crippen LogP contribution in [-0.4, -0.2) is 26.2 Å². The van der Waals surface area contributed by atoms with E-state index in [1.54, 1.807) is 18.0 Å². The van der Waals surface area contributed by atoms with Crippen LogP contribution in [0, 0.1) is 0 Å². The first-order valence-electron chi connectivity index (χ1n) is 7.12. The second-order valence-corrected chi connectivity index (χ2v) is 5.17. The summed E-state index contributed by atoms with van der Waals surface area (Å²) in [5.41, 5.74) is 0.854. The van der Waals surface area contributed by atoms with Gasteiger partial charge in [-0.3, -0.25) is 4.90 Å². The molecule has 22 heavy (non-hydrogen) atoms. The number of urea groups is 1. The minimum absolute atomic E-state index is 0.135. The monoisotopic (exact) mass is 318 g/mol. The number of para-hydroxylation sites is 2. The van der Waals surface area contributed by atoms with Crippen molar-refractivity contribution < 1.29 is 9.53 Å². The highest BCUT2D eigenvalue weighted by molar-refractivity contribution is 6.32. The number of hydrogen-bond donors (Lipinski definition) is 1. The Labute approximate surface area is 135 Å². The maximum absolute atomic E-state index is 12.0. The van der Waals surface area contributed by atoms with Crippen LogP contribution in [0.2, 0.25) is 5.02 Å². The van der Waals surface area contributed by atoms with Crippen molar-refractivity contribution in [2.75, 3.05) is 25.1 Å². The molecule has 0 radical (unpaired) electrons. The van der Waals surface area contributed by atoms with Gasteiger partial charge in [0, 0.05) is 19.3 Å². The van der Waals surface area contributed by atoms with E-state index in [-0.39, 0.29) is 6.03 Å². The Morgan fingerprint density at radius 1 is 1.14 bits per heavy atom. The standard InChI is InChI=1S/C17H19ClN2O2/c1-20(14-8-3-2-4-9-14)17(21)19-12-7-13-22-16-11-6-5-10-15(16)18/h2-6,8-11H,7,12-13H2,1H3,(H,19,21). The van der Waals surface area contributed by atoms with Crippen LogP contribution in [-0.2, 0) is 0 Å². The van der Waals surface area contributed by atoms with Gasteiger partial charge in [-0.15, -0.1) is 0 Å². The van der Waals surface area contributed by atoms with Crippen LogP contribution >= 0.6 is 11.6 Å². The van der Waals surface area contributed by atoms with E-state index in [0.29, 0.717) is 30.3 Å². The zero-order valence-corrected chi connectivity index (χ0v) is 13.2. The minimum Gasteiger partial charge on any atom is -0.492 e. The van der Waals surface area contributed by atoms with Crippen molar-refractivity contribution in [3.63, 3.8) is 0 Å². The van der Waals surface area contributed by atoms with Crippen molar-refractivity contribution in [3.8, 4) is 5.75 Å². The first kappa shape index (κ1) is 16.2. The Balaban J connectivity index is 1.68. The van der Waals surface area contributed by atoms with E-state index >= 15 is 0 Å². The molecule has 2 aromatic rings. The molecule has 5 heteroatoms. The van der Waals surface area contributed by atoms with Crippen LogP contribution in [0.3, 0.4) is 0 Å². The highest BCUT2D eigenvalue weighted by atomic mass is 35.5. The summed E-state index contributed by atoms with van der Waals surface area (Å²) in [6, 6.07) is 16.7. The summed E-state index contributed by atoms with van der Waals surface area (Å²) >= 11 is 6.00. The van der Waals surface area contributed by atoms with E-state index in [2.05, 4.69) is 5.32 Å². The Hall–Kier alpha value is -2.20. The zero-order chi connectivity index (χ0) is 15.8. The maximum atomic E-state index is 12.0. The summed E-state index contributed by atoms with van der Waals surface area (Å²) < 4.78 is 5.57. The van der Waals surface area contributed by atoms with Gasteiger partial charge in [-0.1, -0.05) is 41.9 Å². The number of rotatable bonds is 6. The number of ether oxygens (including phenoxy) is 1. The molecule has 0 saturated heterocycles. The summed E-state index contributed by atoms with van der Waals surface area (Å²) in [5, 5.41) is 3.45. The van der Waals surface area contributed by atoms with E-state index < -0.39 is 0 Å². The van der Waals surface area contributed by atoms with Crippen LogP contribution in [0.5, 0.6) is 5.75 Å². The Morgan fingerprint density at radius 2 is 1.82 bits per heavy atom. The van der Waals surface area contributed by atoms with E-state index in [1.165, 1.54) is 0 Å². The molecule has 0 atom stereocenters. The van der Waals surface area contributed by atoms with Gasteiger partial charge in [0.15, 0.2) is 0 Å². The molecule has 0 aliphatic heterocycles. The first-order chi connectivity index (χ1) is 10.7. The molecule has 0 aliphatic carbocycles. The van der Waals surface area contributed by atoms with Crippen molar-refractivity contribution in [2.24, 2.45) is 0 Å². The van der Waals surface area contributed by atoms with Gasteiger partial charge in [-0.25, -0.2) is 4.79 Å². The zero-order valence-electron chi connectivity index (χ0n) is 12.5. The molecule has 0 unspecified atom stereocenters. The predicted molar refractivity (Wildman–Crippen MR) is 89.8 cm³/mol. The number of nitrogens with one attached hydrogen (secondary N) is 1. The summed E-state index contributed by atoms with van der Waals surface area (Å²) in [6.07, 6.45) is 0.708. The molecule has 1 N–H and O–H groups in total. The quantitative estimate of drug-likeness (QED) is 0.819. The molecule has 0 heterocycles. The number of anilines is 1. The van der Waals surface area contributed by atoms with Gasteiger partial charge in [0.2, 0.25) is 0 Å². The molecule has 2 rings (SSSR count). The first-order valence-corrected chi connectivity index (χ1v) is 7.50. The van der Waals surface area contributed by atoms with Crippen LogP contribution in [0.25, 0.3) is 0 Å². The number of amides is 2. The average molecular weight is 319 g/mol. The molecule has 0 aromatic heterocycles. The molecule has 2 aromatic carbocycles. The molecule has 0 bridgehead atoms. The highest BCUT2D eigenvalue weighted by Crippen LogP contribution is 2.22. The van der Waals surface area contributed by atoms with Gasteiger partial charge in [-0.2, -0.15) is 0 Å². The number of halogens is 1. The number of nitrogens with zero attached hydrogens (tertiary/aromatic N) is 1. The van der Waals surface area contributed by atoms with Gasteiger partial charge >= 0.3 is 6.03 Å². The topological polar surface area (TPSA) is 41.6 Å². The SMILES string of the molecule is CN(C(=O)NCCCOc1ccccc1Cl)c1ccccc1. The molecule has 2 amide bonds. The molecule has 116 valence electrons. The predicted octanol–water partition coefficient (Wildman–Crippen LogP) is 3.95. The number of benzene rings is 2. The molecular weight excluding hydrogens is 300 g/mol. The smallest absolute Gasteiger partial charge is 0.321 e. The minimum atomic E-state index is -0.135. The fourth-order valence-electron chi connectivity index (χ4n) is 1.90. The van der Waals surface area contributed by atoms with Crippen LogP contribution in [0.15, 0.2) is 54.6 Å². The van der Waals surface area contributed by atoms with E-state index in [1.807, 2.05) is 48.5 Å². The molecule has 0 aliphatic rings. The van der Waals surface area contributed by atoms with Gasteiger partial charge in [0.1, 0.15) is 5.75 Å². The summed E-state index contributed by atoms with van der Waals surface area (Å²) in [6.45, 7) is 1.04. The fraction of sp³-hybridized carbons (Fsp3) is 0.235.